The Morgan fingerprint density at radius 3 is 2.59 bits per heavy atom. The summed E-state index contributed by atoms with van der Waals surface area (Å²) in [6, 6.07) is 10.7. The molecule has 1 aromatic carbocycles. The van der Waals surface area contributed by atoms with Gasteiger partial charge in [0.05, 0.1) is 0 Å². The van der Waals surface area contributed by atoms with Crippen LogP contribution in [0.15, 0.2) is 30.3 Å². The topological polar surface area (TPSA) is 26.0 Å². The van der Waals surface area contributed by atoms with E-state index in [0.29, 0.717) is 5.92 Å². The van der Waals surface area contributed by atoms with Crippen molar-refractivity contribution >= 4 is 0 Å². The third kappa shape index (κ3) is 3.10. The van der Waals surface area contributed by atoms with Crippen LogP contribution in [0, 0.1) is 11.8 Å². The van der Waals surface area contributed by atoms with E-state index in [1.54, 1.807) is 0 Å². The summed E-state index contributed by atoms with van der Waals surface area (Å²) in [5.74, 6) is 1.47. The van der Waals surface area contributed by atoms with Crippen molar-refractivity contribution in [3.05, 3.63) is 35.9 Å². The van der Waals surface area contributed by atoms with Gasteiger partial charge in [-0.05, 0) is 43.1 Å². The first-order chi connectivity index (χ1) is 8.10. The van der Waals surface area contributed by atoms with E-state index in [1.165, 1.54) is 24.8 Å². The van der Waals surface area contributed by atoms with Crippen molar-refractivity contribution in [1.29, 1.82) is 0 Å². The Bertz CT molecular complexity index is 346. The Labute approximate surface area is 105 Å². The molecule has 0 aliphatic heterocycles. The van der Waals surface area contributed by atoms with Crippen LogP contribution < -0.4 is 5.73 Å². The molecule has 1 aliphatic carbocycles. The summed E-state index contributed by atoms with van der Waals surface area (Å²) in [7, 11) is 0. The highest BCUT2D eigenvalue weighted by molar-refractivity contribution is 5.15. The normalized spacial score (nSPS) is 33.6. The molecule has 1 aromatic rings. The standard InChI is InChI=1S/C16H25N/c1-13-8-9-14(2)16(17,12-13)11-10-15-6-4-3-5-7-15/h3-7,13-14H,8-12,17H2,1-2H3. The first kappa shape index (κ1) is 12.6. The Morgan fingerprint density at radius 1 is 1.18 bits per heavy atom. The molecule has 1 nitrogen and oxygen atoms in total. The first-order valence-corrected chi connectivity index (χ1v) is 6.93. The summed E-state index contributed by atoms with van der Waals surface area (Å²) < 4.78 is 0. The lowest BCUT2D eigenvalue weighted by molar-refractivity contribution is 0.151. The highest BCUT2D eigenvalue weighted by Crippen LogP contribution is 2.37. The zero-order chi connectivity index (χ0) is 12.3. The van der Waals surface area contributed by atoms with Gasteiger partial charge < -0.3 is 5.73 Å². The van der Waals surface area contributed by atoms with Gasteiger partial charge in [-0.3, -0.25) is 0 Å². The largest absolute Gasteiger partial charge is 0.325 e. The molecule has 0 bridgehead atoms. The fourth-order valence-corrected chi connectivity index (χ4v) is 3.14. The van der Waals surface area contributed by atoms with Gasteiger partial charge in [-0.1, -0.05) is 50.6 Å². The summed E-state index contributed by atoms with van der Waals surface area (Å²) in [6.07, 6.45) is 6.09. The Hall–Kier alpha value is -0.820. The van der Waals surface area contributed by atoms with Crippen LogP contribution >= 0.6 is 0 Å². The van der Waals surface area contributed by atoms with Gasteiger partial charge in [0.15, 0.2) is 0 Å². The van der Waals surface area contributed by atoms with E-state index < -0.39 is 0 Å². The van der Waals surface area contributed by atoms with Gasteiger partial charge in [0.1, 0.15) is 0 Å². The van der Waals surface area contributed by atoms with E-state index in [2.05, 4.69) is 44.2 Å². The van der Waals surface area contributed by atoms with E-state index in [9.17, 15) is 0 Å². The van der Waals surface area contributed by atoms with Crippen LogP contribution in [-0.4, -0.2) is 5.54 Å². The van der Waals surface area contributed by atoms with Crippen molar-refractivity contribution < 1.29 is 0 Å². The smallest absolute Gasteiger partial charge is 0.0185 e. The number of nitrogens with two attached hydrogens (primary N) is 1. The lowest BCUT2D eigenvalue weighted by Gasteiger charge is -2.42. The van der Waals surface area contributed by atoms with Crippen LogP contribution in [0.25, 0.3) is 0 Å². The molecule has 2 rings (SSSR count). The quantitative estimate of drug-likeness (QED) is 0.842. The molecule has 2 N–H and O–H groups in total. The maximum absolute atomic E-state index is 6.64. The summed E-state index contributed by atoms with van der Waals surface area (Å²) in [5, 5.41) is 0. The fraction of sp³-hybridized carbons (Fsp3) is 0.625. The number of aryl methyl sites for hydroxylation is 1. The lowest BCUT2D eigenvalue weighted by atomic mass is 9.68. The minimum atomic E-state index is 0.0630. The number of benzene rings is 1. The Balaban J connectivity index is 1.97. The second-order valence-corrected chi connectivity index (χ2v) is 6.01. The molecule has 1 heteroatoms. The van der Waals surface area contributed by atoms with Gasteiger partial charge in [-0.15, -0.1) is 0 Å². The molecular weight excluding hydrogens is 206 g/mol. The minimum Gasteiger partial charge on any atom is -0.325 e. The van der Waals surface area contributed by atoms with Crippen molar-refractivity contribution in [1.82, 2.24) is 0 Å². The summed E-state index contributed by atoms with van der Waals surface area (Å²) in [5.41, 5.74) is 8.12. The third-order valence-electron chi connectivity index (χ3n) is 4.52. The molecule has 0 spiro atoms. The molecule has 1 aliphatic rings. The van der Waals surface area contributed by atoms with Gasteiger partial charge >= 0.3 is 0 Å². The fourth-order valence-electron chi connectivity index (χ4n) is 3.14. The third-order valence-corrected chi connectivity index (χ3v) is 4.52. The van der Waals surface area contributed by atoms with Crippen molar-refractivity contribution in [2.75, 3.05) is 0 Å². The van der Waals surface area contributed by atoms with Crippen LogP contribution in [0.3, 0.4) is 0 Å². The predicted molar refractivity (Wildman–Crippen MR) is 73.9 cm³/mol. The van der Waals surface area contributed by atoms with Crippen LogP contribution in [0.5, 0.6) is 0 Å². The van der Waals surface area contributed by atoms with E-state index in [1.807, 2.05) is 0 Å². The Morgan fingerprint density at radius 2 is 1.88 bits per heavy atom. The van der Waals surface area contributed by atoms with Crippen LogP contribution in [-0.2, 0) is 6.42 Å². The summed E-state index contributed by atoms with van der Waals surface area (Å²) in [4.78, 5) is 0. The van der Waals surface area contributed by atoms with Gasteiger partial charge in [0.25, 0.3) is 0 Å². The molecular formula is C16H25N. The maximum atomic E-state index is 6.64. The zero-order valence-electron chi connectivity index (χ0n) is 11.2. The average Bonchev–Trinajstić information content (AvgIpc) is 2.33. The predicted octanol–water partition coefficient (Wildman–Crippen LogP) is 3.77. The monoisotopic (exact) mass is 231 g/mol. The van der Waals surface area contributed by atoms with Crippen LogP contribution in [0.4, 0.5) is 0 Å². The molecule has 3 atom stereocenters. The highest BCUT2D eigenvalue weighted by atomic mass is 14.8. The molecule has 1 fully saturated rings. The SMILES string of the molecule is CC1CCC(C)C(N)(CCc2ccccc2)C1. The Kier molecular flexibility index (Phi) is 3.88. The van der Waals surface area contributed by atoms with E-state index in [0.717, 1.165) is 18.8 Å². The van der Waals surface area contributed by atoms with Crippen LogP contribution in [0.1, 0.15) is 45.1 Å². The van der Waals surface area contributed by atoms with Gasteiger partial charge in [0.2, 0.25) is 0 Å². The molecule has 3 unspecified atom stereocenters. The van der Waals surface area contributed by atoms with Crippen molar-refractivity contribution in [3.63, 3.8) is 0 Å². The van der Waals surface area contributed by atoms with Crippen molar-refractivity contribution in [2.24, 2.45) is 17.6 Å². The molecule has 0 saturated heterocycles. The lowest BCUT2D eigenvalue weighted by Crippen LogP contribution is -2.50. The maximum Gasteiger partial charge on any atom is 0.0185 e. The number of hydrogen-bond donors (Lipinski definition) is 1. The second-order valence-electron chi connectivity index (χ2n) is 6.01. The number of hydrogen-bond acceptors (Lipinski definition) is 1. The number of rotatable bonds is 3. The van der Waals surface area contributed by atoms with Gasteiger partial charge in [-0.2, -0.15) is 0 Å². The molecule has 0 aromatic heterocycles. The minimum absolute atomic E-state index is 0.0630. The van der Waals surface area contributed by atoms with E-state index in [-0.39, 0.29) is 5.54 Å². The van der Waals surface area contributed by atoms with Crippen LogP contribution in [0.2, 0.25) is 0 Å². The van der Waals surface area contributed by atoms with Crippen molar-refractivity contribution in [2.45, 2.75) is 51.5 Å². The molecule has 1 saturated carbocycles. The van der Waals surface area contributed by atoms with Gasteiger partial charge in [0, 0.05) is 5.54 Å². The van der Waals surface area contributed by atoms with E-state index in [4.69, 9.17) is 5.73 Å². The van der Waals surface area contributed by atoms with Gasteiger partial charge in [-0.25, -0.2) is 0 Å². The average molecular weight is 231 g/mol. The summed E-state index contributed by atoms with van der Waals surface area (Å²) in [6.45, 7) is 4.67. The molecule has 0 amide bonds. The summed E-state index contributed by atoms with van der Waals surface area (Å²) >= 11 is 0. The van der Waals surface area contributed by atoms with Crippen molar-refractivity contribution in [3.8, 4) is 0 Å². The highest BCUT2D eigenvalue weighted by Gasteiger charge is 2.36. The molecule has 17 heavy (non-hydrogen) atoms. The van der Waals surface area contributed by atoms with E-state index >= 15 is 0 Å². The molecule has 0 heterocycles. The first-order valence-electron chi connectivity index (χ1n) is 6.93. The molecule has 0 radical (unpaired) electrons. The zero-order valence-corrected chi connectivity index (χ0v) is 11.2. The second kappa shape index (κ2) is 5.22. The molecule has 94 valence electrons.